The van der Waals surface area contributed by atoms with E-state index in [-0.39, 0.29) is 12.1 Å². The van der Waals surface area contributed by atoms with E-state index < -0.39 is 0 Å². The number of nitrogens with zero attached hydrogens (tertiary/aromatic N) is 5. The molecule has 124 valence electrons. The van der Waals surface area contributed by atoms with E-state index in [0.717, 1.165) is 41.8 Å². The standard InChI is InChI=1S/C17H20N6O/c1-21-9-7-12-5-6-13(10-15(12)21)19-17(24)23-8-3-4-14(23)16-20-18-11-22(16)2/h5-7,9-11,14H,3-4,8H2,1-2H3,(H,19,24)/t14-/m0/s1. The maximum absolute atomic E-state index is 12.7. The van der Waals surface area contributed by atoms with Crippen molar-refractivity contribution in [1.29, 1.82) is 0 Å². The zero-order valence-corrected chi connectivity index (χ0v) is 13.8. The molecule has 3 aromatic rings. The Morgan fingerprint density at radius 2 is 2.12 bits per heavy atom. The van der Waals surface area contributed by atoms with E-state index in [1.54, 1.807) is 6.33 Å². The van der Waals surface area contributed by atoms with E-state index >= 15 is 0 Å². The van der Waals surface area contributed by atoms with Crippen LogP contribution in [0.2, 0.25) is 0 Å². The molecule has 1 fully saturated rings. The van der Waals surface area contributed by atoms with Crippen molar-refractivity contribution in [3.05, 3.63) is 42.6 Å². The maximum Gasteiger partial charge on any atom is 0.322 e. The van der Waals surface area contributed by atoms with Gasteiger partial charge in [0.05, 0.1) is 6.04 Å². The molecule has 2 aromatic heterocycles. The normalized spacial score (nSPS) is 17.6. The minimum absolute atomic E-state index is 0.0173. The Morgan fingerprint density at radius 1 is 1.25 bits per heavy atom. The Hall–Kier alpha value is -2.83. The van der Waals surface area contributed by atoms with Crippen LogP contribution in [0.3, 0.4) is 0 Å². The van der Waals surface area contributed by atoms with Crippen LogP contribution >= 0.6 is 0 Å². The zero-order chi connectivity index (χ0) is 16.7. The van der Waals surface area contributed by atoms with E-state index in [1.165, 1.54) is 0 Å². The number of amides is 2. The summed E-state index contributed by atoms with van der Waals surface area (Å²) in [6.45, 7) is 0.732. The summed E-state index contributed by atoms with van der Waals surface area (Å²) in [6, 6.07) is 7.92. The number of hydrogen-bond donors (Lipinski definition) is 1. The molecule has 1 N–H and O–H groups in total. The van der Waals surface area contributed by atoms with Gasteiger partial charge in [-0.3, -0.25) is 0 Å². The lowest BCUT2D eigenvalue weighted by Gasteiger charge is -2.24. The van der Waals surface area contributed by atoms with Crippen LogP contribution in [-0.2, 0) is 14.1 Å². The smallest absolute Gasteiger partial charge is 0.322 e. The summed E-state index contributed by atoms with van der Waals surface area (Å²) in [6.07, 6.45) is 5.58. The predicted molar refractivity (Wildman–Crippen MR) is 91.6 cm³/mol. The van der Waals surface area contributed by atoms with Crippen LogP contribution < -0.4 is 5.32 Å². The topological polar surface area (TPSA) is 68.0 Å². The summed E-state index contributed by atoms with van der Waals surface area (Å²) in [4.78, 5) is 14.6. The largest absolute Gasteiger partial charge is 0.350 e. The molecule has 1 aliphatic heterocycles. The SMILES string of the molecule is Cn1cnnc1[C@@H]1CCCN1C(=O)Nc1ccc2ccn(C)c2c1. The van der Waals surface area contributed by atoms with Gasteiger partial charge in [-0.1, -0.05) is 6.07 Å². The van der Waals surface area contributed by atoms with Gasteiger partial charge in [0, 0.05) is 38.0 Å². The highest BCUT2D eigenvalue weighted by Crippen LogP contribution is 2.31. The van der Waals surface area contributed by atoms with Crippen molar-refractivity contribution in [3.63, 3.8) is 0 Å². The lowest BCUT2D eigenvalue weighted by molar-refractivity contribution is 0.204. The molecule has 4 rings (SSSR count). The number of likely N-dealkylation sites (tertiary alicyclic amines) is 1. The third-order valence-corrected chi connectivity index (χ3v) is 4.70. The second kappa shape index (κ2) is 5.67. The minimum atomic E-state index is -0.0888. The fourth-order valence-electron chi connectivity index (χ4n) is 3.41. The van der Waals surface area contributed by atoms with Crippen LogP contribution in [0.5, 0.6) is 0 Å². The molecule has 0 spiro atoms. The number of carbonyl (C=O) groups is 1. The lowest BCUT2D eigenvalue weighted by Crippen LogP contribution is -2.35. The first-order chi connectivity index (χ1) is 11.6. The van der Waals surface area contributed by atoms with Crippen molar-refractivity contribution >= 4 is 22.6 Å². The van der Waals surface area contributed by atoms with Crippen molar-refractivity contribution in [1.82, 2.24) is 24.2 Å². The van der Waals surface area contributed by atoms with E-state index in [9.17, 15) is 4.79 Å². The van der Waals surface area contributed by atoms with Crippen LogP contribution in [-0.4, -0.2) is 36.8 Å². The summed E-state index contributed by atoms with van der Waals surface area (Å²) >= 11 is 0. The summed E-state index contributed by atoms with van der Waals surface area (Å²) in [7, 11) is 3.91. The Bertz CT molecular complexity index is 896. The molecule has 1 aliphatic rings. The van der Waals surface area contributed by atoms with E-state index in [4.69, 9.17) is 0 Å². The average molecular weight is 324 g/mol. The molecule has 7 heteroatoms. The van der Waals surface area contributed by atoms with Gasteiger partial charge in [0.2, 0.25) is 0 Å². The first-order valence-corrected chi connectivity index (χ1v) is 8.10. The number of hydrogen-bond acceptors (Lipinski definition) is 3. The highest BCUT2D eigenvalue weighted by Gasteiger charge is 2.32. The Balaban J connectivity index is 1.56. The van der Waals surface area contributed by atoms with Crippen molar-refractivity contribution in [2.24, 2.45) is 14.1 Å². The molecule has 0 saturated carbocycles. The number of anilines is 1. The Morgan fingerprint density at radius 3 is 2.92 bits per heavy atom. The van der Waals surface area contributed by atoms with Crippen LogP contribution in [0.25, 0.3) is 10.9 Å². The second-order valence-electron chi connectivity index (χ2n) is 6.28. The van der Waals surface area contributed by atoms with Gasteiger partial charge in [-0.2, -0.15) is 0 Å². The summed E-state index contributed by atoms with van der Waals surface area (Å²) in [5, 5.41) is 12.3. The number of rotatable bonds is 2. The second-order valence-corrected chi connectivity index (χ2v) is 6.28. The van der Waals surface area contributed by atoms with Crippen LogP contribution in [0, 0.1) is 0 Å². The molecule has 7 nitrogen and oxygen atoms in total. The van der Waals surface area contributed by atoms with Gasteiger partial charge in [-0.25, -0.2) is 4.79 Å². The highest BCUT2D eigenvalue weighted by molar-refractivity contribution is 5.93. The van der Waals surface area contributed by atoms with Gasteiger partial charge >= 0.3 is 6.03 Å². The molecule has 0 aliphatic carbocycles. The first kappa shape index (κ1) is 14.7. The predicted octanol–water partition coefficient (Wildman–Crippen LogP) is 2.68. The summed E-state index contributed by atoms with van der Waals surface area (Å²) < 4.78 is 3.93. The van der Waals surface area contributed by atoms with Crippen molar-refractivity contribution in [2.75, 3.05) is 11.9 Å². The van der Waals surface area contributed by atoms with Gasteiger partial charge in [-0.15, -0.1) is 10.2 Å². The van der Waals surface area contributed by atoms with E-state index in [1.807, 2.05) is 52.5 Å². The van der Waals surface area contributed by atoms with E-state index in [2.05, 4.69) is 21.6 Å². The quantitative estimate of drug-likeness (QED) is 0.788. The van der Waals surface area contributed by atoms with Crippen molar-refractivity contribution < 1.29 is 4.79 Å². The minimum Gasteiger partial charge on any atom is -0.350 e. The van der Waals surface area contributed by atoms with Gasteiger partial charge < -0.3 is 19.4 Å². The summed E-state index contributed by atoms with van der Waals surface area (Å²) in [5.74, 6) is 0.834. The van der Waals surface area contributed by atoms with Gasteiger partial charge in [0.25, 0.3) is 0 Å². The number of aromatic nitrogens is 4. The third-order valence-electron chi connectivity index (χ3n) is 4.70. The number of urea groups is 1. The number of benzene rings is 1. The molecule has 0 bridgehead atoms. The molecular formula is C17H20N6O. The number of fused-ring (bicyclic) bond motifs is 1. The third kappa shape index (κ3) is 2.42. The van der Waals surface area contributed by atoms with Gasteiger partial charge in [-0.05, 0) is 36.4 Å². The lowest BCUT2D eigenvalue weighted by atomic mass is 10.2. The molecular weight excluding hydrogens is 304 g/mol. The maximum atomic E-state index is 12.7. The van der Waals surface area contributed by atoms with E-state index in [0.29, 0.717) is 0 Å². The number of nitrogens with one attached hydrogen (secondary N) is 1. The average Bonchev–Trinajstić information content (AvgIpc) is 3.28. The molecule has 24 heavy (non-hydrogen) atoms. The Kier molecular flexibility index (Phi) is 3.48. The first-order valence-electron chi connectivity index (χ1n) is 8.10. The zero-order valence-electron chi connectivity index (χ0n) is 13.8. The molecule has 0 unspecified atom stereocenters. The van der Waals surface area contributed by atoms with Crippen LogP contribution in [0.15, 0.2) is 36.8 Å². The van der Waals surface area contributed by atoms with Gasteiger partial charge in [0.1, 0.15) is 6.33 Å². The number of aryl methyl sites for hydroxylation is 2. The molecule has 0 radical (unpaired) electrons. The van der Waals surface area contributed by atoms with Crippen LogP contribution in [0.1, 0.15) is 24.7 Å². The van der Waals surface area contributed by atoms with Gasteiger partial charge in [0.15, 0.2) is 5.82 Å². The molecule has 1 saturated heterocycles. The highest BCUT2D eigenvalue weighted by atomic mass is 16.2. The van der Waals surface area contributed by atoms with Crippen LogP contribution in [0.4, 0.5) is 10.5 Å². The fraction of sp³-hybridized carbons (Fsp3) is 0.353. The van der Waals surface area contributed by atoms with Crippen molar-refractivity contribution in [2.45, 2.75) is 18.9 Å². The Labute approximate surface area is 139 Å². The monoisotopic (exact) mass is 324 g/mol. The summed E-state index contributed by atoms with van der Waals surface area (Å²) in [5.41, 5.74) is 1.90. The molecule has 1 aromatic carbocycles. The number of carbonyl (C=O) groups excluding carboxylic acids is 1. The molecule has 1 atom stereocenters. The molecule has 2 amide bonds. The van der Waals surface area contributed by atoms with Crippen molar-refractivity contribution in [3.8, 4) is 0 Å². The fourth-order valence-corrected chi connectivity index (χ4v) is 3.41. The molecule has 3 heterocycles.